The van der Waals surface area contributed by atoms with Gasteiger partial charge in [0.15, 0.2) is 5.76 Å². The smallest absolute Gasteiger partial charge is 0.259 e. The Morgan fingerprint density at radius 3 is 2.56 bits per heavy atom. The minimum absolute atomic E-state index is 0.0494. The summed E-state index contributed by atoms with van der Waals surface area (Å²) in [7, 11) is 0. The third-order valence-corrected chi connectivity index (χ3v) is 3.08. The number of hydrogen-bond acceptors (Lipinski definition) is 3. The molecule has 0 aliphatic rings. The second-order valence-electron chi connectivity index (χ2n) is 4.90. The van der Waals surface area contributed by atoms with Crippen molar-refractivity contribution in [2.75, 3.05) is 13.1 Å². The summed E-state index contributed by atoms with van der Waals surface area (Å²) >= 11 is 0. The lowest BCUT2D eigenvalue weighted by Crippen LogP contribution is -2.32. The summed E-state index contributed by atoms with van der Waals surface area (Å²) < 4.78 is 5.28. The lowest BCUT2D eigenvalue weighted by molar-refractivity contribution is 0.0759. The first-order valence-electron chi connectivity index (χ1n) is 6.78. The van der Waals surface area contributed by atoms with E-state index in [4.69, 9.17) is 4.52 Å². The second-order valence-corrected chi connectivity index (χ2v) is 4.90. The predicted octanol–water partition coefficient (Wildman–Crippen LogP) is 3.37. The largest absolute Gasteiger partial charge is 0.360 e. The summed E-state index contributed by atoms with van der Waals surface area (Å²) in [5.41, 5.74) is 1.35. The maximum absolute atomic E-state index is 12.5. The maximum Gasteiger partial charge on any atom is 0.259 e. The van der Waals surface area contributed by atoms with Crippen LogP contribution in [0.5, 0.6) is 0 Å². The number of hydrogen-bond donors (Lipinski definition) is 0. The SMILES string of the molecule is CCCCN(CC)C(=O)c1c(C)noc1C(C)C. The van der Waals surface area contributed by atoms with E-state index in [9.17, 15) is 4.79 Å². The summed E-state index contributed by atoms with van der Waals surface area (Å²) in [6.07, 6.45) is 2.12. The van der Waals surface area contributed by atoms with E-state index >= 15 is 0 Å². The average molecular weight is 252 g/mol. The summed E-state index contributed by atoms with van der Waals surface area (Å²) in [4.78, 5) is 14.4. The van der Waals surface area contributed by atoms with E-state index in [0.717, 1.165) is 25.9 Å². The average Bonchev–Trinajstić information content (AvgIpc) is 2.72. The normalized spacial score (nSPS) is 11.0. The van der Waals surface area contributed by atoms with Gasteiger partial charge in [0.25, 0.3) is 5.91 Å². The highest BCUT2D eigenvalue weighted by molar-refractivity contribution is 5.96. The molecule has 1 rings (SSSR count). The number of carbonyl (C=O) groups excluding carboxylic acids is 1. The number of amides is 1. The van der Waals surface area contributed by atoms with Crippen molar-refractivity contribution in [2.24, 2.45) is 0 Å². The molecular formula is C14H24N2O2. The molecule has 0 aliphatic carbocycles. The van der Waals surface area contributed by atoms with Crippen molar-refractivity contribution in [3.05, 3.63) is 17.0 Å². The van der Waals surface area contributed by atoms with Crippen LogP contribution in [-0.4, -0.2) is 29.1 Å². The third kappa shape index (κ3) is 3.12. The molecule has 0 spiro atoms. The van der Waals surface area contributed by atoms with Gasteiger partial charge >= 0.3 is 0 Å². The lowest BCUT2D eigenvalue weighted by Gasteiger charge is -2.20. The number of carbonyl (C=O) groups is 1. The molecule has 18 heavy (non-hydrogen) atoms. The first kappa shape index (κ1) is 14.7. The number of unbranched alkanes of at least 4 members (excludes halogenated alkanes) is 1. The summed E-state index contributed by atoms with van der Waals surface area (Å²) in [5, 5.41) is 3.93. The Kier molecular flexibility index (Phi) is 5.38. The summed E-state index contributed by atoms with van der Waals surface area (Å²) in [6.45, 7) is 11.5. The molecule has 0 aromatic carbocycles. The molecule has 0 radical (unpaired) electrons. The number of aromatic nitrogens is 1. The zero-order valence-corrected chi connectivity index (χ0v) is 12.1. The van der Waals surface area contributed by atoms with E-state index in [2.05, 4.69) is 12.1 Å². The van der Waals surface area contributed by atoms with E-state index in [0.29, 0.717) is 17.0 Å². The fourth-order valence-corrected chi connectivity index (χ4v) is 1.95. The summed E-state index contributed by atoms with van der Waals surface area (Å²) in [5.74, 6) is 0.927. The highest BCUT2D eigenvalue weighted by Gasteiger charge is 2.25. The van der Waals surface area contributed by atoms with Gasteiger partial charge in [0, 0.05) is 19.0 Å². The van der Waals surface area contributed by atoms with Crippen LogP contribution in [0.15, 0.2) is 4.52 Å². The van der Waals surface area contributed by atoms with Crippen molar-refractivity contribution in [3.8, 4) is 0 Å². The van der Waals surface area contributed by atoms with Crippen molar-refractivity contribution in [3.63, 3.8) is 0 Å². The van der Waals surface area contributed by atoms with Gasteiger partial charge in [-0.25, -0.2) is 0 Å². The number of aryl methyl sites for hydroxylation is 1. The van der Waals surface area contributed by atoms with Gasteiger partial charge in [0.1, 0.15) is 5.56 Å². The molecule has 0 atom stereocenters. The standard InChI is InChI=1S/C14H24N2O2/c1-6-8-9-16(7-2)14(17)12-11(5)15-18-13(12)10(3)4/h10H,6-9H2,1-5H3. The molecule has 1 amide bonds. The zero-order chi connectivity index (χ0) is 13.7. The molecule has 0 N–H and O–H groups in total. The van der Waals surface area contributed by atoms with Crippen LogP contribution in [0.4, 0.5) is 0 Å². The predicted molar refractivity (Wildman–Crippen MR) is 71.8 cm³/mol. The van der Waals surface area contributed by atoms with Crippen LogP contribution in [0.3, 0.4) is 0 Å². The molecule has 0 saturated heterocycles. The Bertz CT molecular complexity index is 396. The van der Waals surface area contributed by atoms with Crippen LogP contribution in [0, 0.1) is 6.92 Å². The quantitative estimate of drug-likeness (QED) is 0.779. The van der Waals surface area contributed by atoms with Crippen molar-refractivity contribution in [1.29, 1.82) is 0 Å². The van der Waals surface area contributed by atoms with Crippen molar-refractivity contribution in [1.82, 2.24) is 10.1 Å². The van der Waals surface area contributed by atoms with Crippen LogP contribution in [0.1, 0.15) is 68.3 Å². The van der Waals surface area contributed by atoms with Crippen LogP contribution in [0.25, 0.3) is 0 Å². The van der Waals surface area contributed by atoms with E-state index in [1.165, 1.54) is 0 Å². The minimum Gasteiger partial charge on any atom is -0.360 e. The highest BCUT2D eigenvalue weighted by Crippen LogP contribution is 2.23. The Morgan fingerprint density at radius 2 is 2.06 bits per heavy atom. The molecular weight excluding hydrogens is 228 g/mol. The van der Waals surface area contributed by atoms with Crippen molar-refractivity contribution >= 4 is 5.91 Å². The fraction of sp³-hybridized carbons (Fsp3) is 0.714. The van der Waals surface area contributed by atoms with Gasteiger partial charge in [-0.3, -0.25) is 4.79 Å². The second kappa shape index (κ2) is 6.57. The molecule has 1 heterocycles. The first-order chi connectivity index (χ1) is 8.52. The van der Waals surface area contributed by atoms with Gasteiger partial charge in [-0.15, -0.1) is 0 Å². The van der Waals surface area contributed by atoms with E-state index in [-0.39, 0.29) is 11.8 Å². The number of nitrogens with zero attached hydrogens (tertiary/aromatic N) is 2. The maximum atomic E-state index is 12.5. The molecule has 4 nitrogen and oxygen atoms in total. The first-order valence-corrected chi connectivity index (χ1v) is 6.78. The fourth-order valence-electron chi connectivity index (χ4n) is 1.95. The molecule has 0 aliphatic heterocycles. The van der Waals surface area contributed by atoms with Crippen LogP contribution in [0.2, 0.25) is 0 Å². The zero-order valence-electron chi connectivity index (χ0n) is 12.1. The highest BCUT2D eigenvalue weighted by atomic mass is 16.5. The molecule has 0 saturated carbocycles. The van der Waals surface area contributed by atoms with Crippen molar-refractivity contribution in [2.45, 2.75) is 53.4 Å². The van der Waals surface area contributed by atoms with Gasteiger partial charge in [0.2, 0.25) is 0 Å². The van der Waals surface area contributed by atoms with Crippen LogP contribution in [-0.2, 0) is 0 Å². The molecule has 0 unspecified atom stereocenters. The van der Waals surface area contributed by atoms with E-state index in [1.807, 2.05) is 32.6 Å². The van der Waals surface area contributed by atoms with Gasteiger partial charge in [0.05, 0.1) is 5.69 Å². The molecule has 1 aromatic heterocycles. The monoisotopic (exact) mass is 252 g/mol. The Morgan fingerprint density at radius 1 is 1.39 bits per heavy atom. The topological polar surface area (TPSA) is 46.3 Å². The number of rotatable bonds is 6. The van der Waals surface area contributed by atoms with Gasteiger partial charge in [-0.2, -0.15) is 0 Å². The molecule has 0 bridgehead atoms. The Hall–Kier alpha value is -1.32. The Labute approximate surface area is 109 Å². The van der Waals surface area contributed by atoms with Gasteiger partial charge < -0.3 is 9.42 Å². The van der Waals surface area contributed by atoms with Gasteiger partial charge in [-0.05, 0) is 20.3 Å². The molecule has 4 heteroatoms. The minimum atomic E-state index is 0.0494. The summed E-state index contributed by atoms with van der Waals surface area (Å²) in [6, 6.07) is 0. The molecule has 102 valence electrons. The third-order valence-electron chi connectivity index (χ3n) is 3.08. The van der Waals surface area contributed by atoms with E-state index < -0.39 is 0 Å². The van der Waals surface area contributed by atoms with Crippen LogP contribution >= 0.6 is 0 Å². The lowest BCUT2D eigenvalue weighted by atomic mass is 10.0. The van der Waals surface area contributed by atoms with E-state index in [1.54, 1.807) is 0 Å². The molecule has 0 fully saturated rings. The molecule has 1 aromatic rings. The Balaban J connectivity index is 2.97. The van der Waals surface area contributed by atoms with Crippen LogP contribution < -0.4 is 0 Å². The van der Waals surface area contributed by atoms with Crippen molar-refractivity contribution < 1.29 is 9.32 Å². The van der Waals surface area contributed by atoms with Gasteiger partial charge in [-0.1, -0.05) is 32.3 Å².